The first-order chi connectivity index (χ1) is 8.39. The van der Waals surface area contributed by atoms with Crippen LogP contribution in [0.15, 0.2) is 12.3 Å². The highest BCUT2D eigenvalue weighted by Crippen LogP contribution is 2.42. The van der Waals surface area contributed by atoms with Crippen LogP contribution in [-0.4, -0.2) is 24.7 Å². The van der Waals surface area contributed by atoms with Crippen molar-refractivity contribution in [2.45, 2.75) is 17.6 Å². The second-order valence-corrected chi connectivity index (χ2v) is 6.27. The van der Waals surface area contributed by atoms with Crippen molar-refractivity contribution in [1.82, 2.24) is 4.98 Å². The number of nitrogens with two attached hydrogens (primary N) is 2. The van der Waals surface area contributed by atoms with Crippen LogP contribution in [0.5, 0.6) is 0 Å². The number of sulfonamides is 1. The van der Waals surface area contributed by atoms with Crippen LogP contribution in [0.3, 0.4) is 0 Å². The molecular weight excluding hydrogens is 254 g/mol. The molecule has 0 atom stereocenters. The molecule has 8 heteroatoms. The topological polar surface area (TPSA) is 135 Å². The lowest BCUT2D eigenvalue weighted by atomic mass is 10.2. The summed E-state index contributed by atoms with van der Waals surface area (Å²) in [4.78, 5) is 3.79. The molecule has 1 aliphatic carbocycles. The number of nitrogens with zero attached hydrogens (tertiary/aromatic N) is 2. The summed E-state index contributed by atoms with van der Waals surface area (Å²) in [7, 11) is -3.58. The van der Waals surface area contributed by atoms with E-state index < -0.39 is 14.8 Å². The SMILES string of the molecule is N#Cc1c(NCC2(S(N)(=O)=O)CC2)ccnc1N. The maximum atomic E-state index is 11.4. The first-order valence-electron chi connectivity index (χ1n) is 5.30. The van der Waals surface area contributed by atoms with Crippen molar-refractivity contribution in [3.05, 3.63) is 17.8 Å². The van der Waals surface area contributed by atoms with Gasteiger partial charge < -0.3 is 11.1 Å². The monoisotopic (exact) mass is 267 g/mol. The molecule has 1 fully saturated rings. The van der Waals surface area contributed by atoms with Gasteiger partial charge >= 0.3 is 0 Å². The summed E-state index contributed by atoms with van der Waals surface area (Å²) in [6.07, 6.45) is 2.51. The summed E-state index contributed by atoms with van der Waals surface area (Å²) in [5.41, 5.74) is 6.24. The summed E-state index contributed by atoms with van der Waals surface area (Å²) in [5.74, 6) is 0.114. The summed E-state index contributed by atoms with van der Waals surface area (Å²) < 4.78 is 21.9. The zero-order valence-corrected chi connectivity index (χ0v) is 10.4. The first kappa shape index (κ1) is 12.6. The van der Waals surface area contributed by atoms with E-state index in [0.717, 1.165) is 0 Å². The lowest BCUT2D eigenvalue weighted by Gasteiger charge is -2.15. The Morgan fingerprint density at radius 1 is 1.56 bits per heavy atom. The number of nitrogens with one attached hydrogen (secondary N) is 1. The molecule has 5 N–H and O–H groups in total. The predicted molar refractivity (Wildman–Crippen MR) is 66.9 cm³/mol. The van der Waals surface area contributed by atoms with Crippen LogP contribution in [0.1, 0.15) is 18.4 Å². The van der Waals surface area contributed by atoms with Gasteiger partial charge in [-0.1, -0.05) is 0 Å². The van der Waals surface area contributed by atoms with Crippen molar-refractivity contribution < 1.29 is 8.42 Å². The number of nitriles is 1. The van der Waals surface area contributed by atoms with Crippen LogP contribution in [0, 0.1) is 11.3 Å². The number of pyridine rings is 1. The Balaban J connectivity index is 2.18. The van der Waals surface area contributed by atoms with Crippen molar-refractivity contribution in [2.24, 2.45) is 5.14 Å². The highest BCUT2D eigenvalue weighted by molar-refractivity contribution is 7.90. The van der Waals surface area contributed by atoms with Crippen LogP contribution >= 0.6 is 0 Å². The van der Waals surface area contributed by atoms with Gasteiger partial charge in [0.25, 0.3) is 0 Å². The van der Waals surface area contributed by atoms with Gasteiger partial charge in [-0.05, 0) is 18.9 Å². The molecule has 0 amide bonds. The summed E-state index contributed by atoms with van der Waals surface area (Å²) >= 11 is 0. The molecule has 1 aliphatic rings. The quantitative estimate of drug-likeness (QED) is 0.689. The molecule has 1 aromatic heterocycles. The van der Waals surface area contributed by atoms with Crippen molar-refractivity contribution in [3.8, 4) is 6.07 Å². The van der Waals surface area contributed by atoms with Crippen molar-refractivity contribution in [1.29, 1.82) is 5.26 Å². The fourth-order valence-electron chi connectivity index (χ4n) is 1.70. The maximum absolute atomic E-state index is 11.4. The first-order valence-corrected chi connectivity index (χ1v) is 6.85. The van der Waals surface area contributed by atoms with E-state index in [0.29, 0.717) is 18.5 Å². The molecule has 0 bridgehead atoms. The fourth-order valence-corrected chi connectivity index (χ4v) is 2.64. The van der Waals surface area contributed by atoms with E-state index in [1.54, 1.807) is 6.07 Å². The smallest absolute Gasteiger partial charge is 0.216 e. The molecule has 0 aliphatic heterocycles. The molecule has 7 nitrogen and oxygen atoms in total. The molecule has 0 saturated heterocycles. The van der Waals surface area contributed by atoms with E-state index in [1.165, 1.54) is 6.20 Å². The van der Waals surface area contributed by atoms with E-state index in [2.05, 4.69) is 10.3 Å². The van der Waals surface area contributed by atoms with Crippen molar-refractivity contribution in [2.75, 3.05) is 17.6 Å². The number of anilines is 2. The molecule has 2 rings (SSSR count). The average Bonchev–Trinajstić information content (AvgIpc) is 3.06. The van der Waals surface area contributed by atoms with E-state index in [-0.39, 0.29) is 17.9 Å². The van der Waals surface area contributed by atoms with E-state index in [4.69, 9.17) is 16.1 Å². The summed E-state index contributed by atoms with van der Waals surface area (Å²) in [6.45, 7) is 0.171. The number of nitrogen functional groups attached to an aromatic ring is 1. The Morgan fingerprint density at radius 2 is 2.22 bits per heavy atom. The average molecular weight is 267 g/mol. The molecule has 1 heterocycles. The second-order valence-electron chi connectivity index (χ2n) is 4.31. The third-order valence-electron chi connectivity index (χ3n) is 3.10. The van der Waals surface area contributed by atoms with Gasteiger partial charge in [0.15, 0.2) is 0 Å². The molecule has 96 valence electrons. The van der Waals surface area contributed by atoms with E-state index in [1.807, 2.05) is 6.07 Å². The Labute approximate surface area is 105 Å². The van der Waals surface area contributed by atoms with Gasteiger partial charge in [-0.2, -0.15) is 5.26 Å². The molecule has 1 saturated carbocycles. The van der Waals surface area contributed by atoms with Gasteiger partial charge in [-0.3, -0.25) is 0 Å². The van der Waals surface area contributed by atoms with Crippen LogP contribution in [0.2, 0.25) is 0 Å². The number of hydrogen-bond donors (Lipinski definition) is 3. The van der Waals surface area contributed by atoms with Gasteiger partial charge in [0.1, 0.15) is 22.2 Å². The Kier molecular flexibility index (Phi) is 2.88. The molecular formula is C10H13N5O2S. The van der Waals surface area contributed by atoms with Crippen LogP contribution in [-0.2, 0) is 10.0 Å². The number of rotatable bonds is 4. The Morgan fingerprint density at radius 3 is 2.72 bits per heavy atom. The zero-order valence-electron chi connectivity index (χ0n) is 9.55. The fraction of sp³-hybridized carbons (Fsp3) is 0.400. The third kappa shape index (κ3) is 2.10. The van der Waals surface area contributed by atoms with Gasteiger partial charge in [-0.15, -0.1) is 0 Å². The zero-order chi connectivity index (χ0) is 13.4. The van der Waals surface area contributed by atoms with Gasteiger partial charge in [0.2, 0.25) is 10.0 Å². The normalized spacial score (nSPS) is 16.9. The van der Waals surface area contributed by atoms with Gasteiger partial charge in [0, 0.05) is 12.7 Å². The summed E-state index contributed by atoms with van der Waals surface area (Å²) in [6, 6.07) is 3.51. The van der Waals surface area contributed by atoms with E-state index in [9.17, 15) is 8.42 Å². The number of primary sulfonamides is 1. The van der Waals surface area contributed by atoms with Crippen LogP contribution < -0.4 is 16.2 Å². The maximum Gasteiger partial charge on any atom is 0.216 e. The molecule has 18 heavy (non-hydrogen) atoms. The van der Waals surface area contributed by atoms with Crippen molar-refractivity contribution in [3.63, 3.8) is 0 Å². The highest BCUT2D eigenvalue weighted by Gasteiger charge is 2.52. The Bertz CT molecular complexity index is 616. The van der Waals surface area contributed by atoms with Crippen LogP contribution in [0.4, 0.5) is 11.5 Å². The molecule has 0 spiro atoms. The highest BCUT2D eigenvalue weighted by atomic mass is 32.2. The predicted octanol–water partition coefficient (Wildman–Crippen LogP) is -0.232. The minimum Gasteiger partial charge on any atom is -0.383 e. The lowest BCUT2D eigenvalue weighted by molar-refractivity contribution is 0.581. The van der Waals surface area contributed by atoms with Crippen LogP contribution in [0.25, 0.3) is 0 Å². The van der Waals surface area contributed by atoms with Crippen molar-refractivity contribution >= 4 is 21.5 Å². The standard InChI is InChI=1S/C10H13N5O2S/c11-5-7-8(1-4-14-9(7)12)15-6-10(2-3-10)18(13,16)17/h1,4H,2-3,6H2,(H3,12,14,15)(H2,13,16,17). The molecule has 1 aromatic rings. The minimum atomic E-state index is -3.58. The van der Waals surface area contributed by atoms with Gasteiger partial charge in [0.05, 0.1) is 5.69 Å². The number of aromatic nitrogens is 1. The second kappa shape index (κ2) is 4.12. The Hall–Kier alpha value is -1.85. The molecule has 0 radical (unpaired) electrons. The number of hydrogen-bond acceptors (Lipinski definition) is 6. The largest absolute Gasteiger partial charge is 0.383 e. The molecule has 0 aromatic carbocycles. The third-order valence-corrected chi connectivity index (χ3v) is 4.86. The minimum absolute atomic E-state index is 0.114. The lowest BCUT2D eigenvalue weighted by Crippen LogP contribution is -2.36. The summed E-state index contributed by atoms with van der Waals surface area (Å²) in [5, 5.41) is 17.0. The van der Waals surface area contributed by atoms with E-state index >= 15 is 0 Å². The van der Waals surface area contributed by atoms with Gasteiger partial charge in [-0.25, -0.2) is 18.5 Å². The molecule has 0 unspecified atom stereocenters.